The van der Waals surface area contributed by atoms with Gasteiger partial charge in [0.1, 0.15) is 0 Å². The van der Waals surface area contributed by atoms with Crippen LogP contribution in [0.2, 0.25) is 0 Å². The Hall–Kier alpha value is -0.870. The SMILES string of the molecule is CC(C)CN(Cc1cncn1C)CC1CCCN1. The van der Waals surface area contributed by atoms with Gasteiger partial charge in [-0.05, 0) is 25.3 Å². The molecule has 4 nitrogen and oxygen atoms in total. The van der Waals surface area contributed by atoms with E-state index in [1.807, 2.05) is 12.5 Å². The first-order valence-corrected chi connectivity index (χ1v) is 7.06. The Morgan fingerprint density at radius 1 is 1.56 bits per heavy atom. The van der Waals surface area contributed by atoms with Gasteiger partial charge in [0.2, 0.25) is 0 Å². The summed E-state index contributed by atoms with van der Waals surface area (Å²) < 4.78 is 2.12. The molecule has 1 aliphatic heterocycles. The lowest BCUT2D eigenvalue weighted by Gasteiger charge is -2.27. The van der Waals surface area contributed by atoms with Gasteiger partial charge in [-0.3, -0.25) is 4.90 Å². The molecular weight excluding hydrogens is 224 g/mol. The highest BCUT2D eigenvalue weighted by Crippen LogP contribution is 2.11. The van der Waals surface area contributed by atoms with Gasteiger partial charge in [-0.1, -0.05) is 13.8 Å². The van der Waals surface area contributed by atoms with Gasteiger partial charge in [-0.25, -0.2) is 4.98 Å². The van der Waals surface area contributed by atoms with E-state index < -0.39 is 0 Å². The summed E-state index contributed by atoms with van der Waals surface area (Å²) in [5.74, 6) is 0.708. The second-order valence-corrected chi connectivity index (χ2v) is 5.88. The van der Waals surface area contributed by atoms with E-state index in [2.05, 4.69) is 40.7 Å². The standard InChI is InChI=1S/C14H26N4/c1-12(2)8-18(9-13-5-4-6-16-13)10-14-7-15-11-17(14)3/h7,11-13,16H,4-6,8-10H2,1-3H3. The Morgan fingerprint density at radius 3 is 2.94 bits per heavy atom. The molecule has 1 N–H and O–H groups in total. The number of hydrogen-bond acceptors (Lipinski definition) is 3. The number of nitrogens with one attached hydrogen (secondary N) is 1. The number of hydrogen-bond donors (Lipinski definition) is 1. The zero-order valence-electron chi connectivity index (χ0n) is 11.9. The first-order chi connectivity index (χ1) is 8.65. The normalized spacial score (nSPS) is 20.2. The molecule has 1 aliphatic rings. The third kappa shape index (κ3) is 3.82. The first kappa shape index (κ1) is 13.6. The van der Waals surface area contributed by atoms with Gasteiger partial charge in [-0.2, -0.15) is 0 Å². The summed E-state index contributed by atoms with van der Waals surface area (Å²) in [7, 11) is 2.07. The van der Waals surface area contributed by atoms with Crippen molar-refractivity contribution in [1.82, 2.24) is 19.8 Å². The lowest BCUT2D eigenvalue weighted by molar-refractivity contribution is 0.212. The number of aromatic nitrogens is 2. The molecule has 0 aromatic carbocycles. The largest absolute Gasteiger partial charge is 0.337 e. The van der Waals surface area contributed by atoms with E-state index >= 15 is 0 Å². The highest BCUT2D eigenvalue weighted by Gasteiger charge is 2.19. The predicted molar refractivity (Wildman–Crippen MR) is 74.3 cm³/mol. The Bertz CT molecular complexity index is 352. The van der Waals surface area contributed by atoms with Crippen LogP contribution in [0, 0.1) is 5.92 Å². The van der Waals surface area contributed by atoms with Gasteiger partial charge >= 0.3 is 0 Å². The van der Waals surface area contributed by atoms with E-state index in [4.69, 9.17) is 0 Å². The molecule has 1 saturated heterocycles. The Balaban J connectivity index is 1.93. The molecule has 2 rings (SSSR count). The molecule has 0 bridgehead atoms. The molecule has 0 saturated carbocycles. The summed E-state index contributed by atoms with van der Waals surface area (Å²) in [4.78, 5) is 6.77. The van der Waals surface area contributed by atoms with Gasteiger partial charge < -0.3 is 9.88 Å². The van der Waals surface area contributed by atoms with E-state index in [1.165, 1.54) is 25.1 Å². The second kappa shape index (κ2) is 6.34. The molecule has 1 aromatic rings. The van der Waals surface area contributed by atoms with E-state index in [0.29, 0.717) is 12.0 Å². The van der Waals surface area contributed by atoms with Crippen molar-refractivity contribution in [3.05, 3.63) is 18.2 Å². The average Bonchev–Trinajstić information content (AvgIpc) is 2.91. The molecule has 1 atom stereocenters. The lowest BCUT2D eigenvalue weighted by Crippen LogP contribution is -2.39. The van der Waals surface area contributed by atoms with Crippen LogP contribution in [0.4, 0.5) is 0 Å². The van der Waals surface area contributed by atoms with Gasteiger partial charge in [-0.15, -0.1) is 0 Å². The van der Waals surface area contributed by atoms with Crippen LogP contribution in [0.3, 0.4) is 0 Å². The van der Waals surface area contributed by atoms with Crippen molar-refractivity contribution in [2.45, 2.75) is 39.3 Å². The number of rotatable bonds is 6. The van der Waals surface area contributed by atoms with Crippen LogP contribution >= 0.6 is 0 Å². The molecule has 0 spiro atoms. The van der Waals surface area contributed by atoms with Gasteiger partial charge in [0.25, 0.3) is 0 Å². The number of aryl methyl sites for hydroxylation is 1. The van der Waals surface area contributed by atoms with Crippen LogP contribution in [-0.4, -0.2) is 40.1 Å². The van der Waals surface area contributed by atoms with Crippen LogP contribution in [0.15, 0.2) is 12.5 Å². The van der Waals surface area contributed by atoms with Crippen LogP contribution in [0.25, 0.3) is 0 Å². The van der Waals surface area contributed by atoms with Crippen molar-refractivity contribution in [2.75, 3.05) is 19.6 Å². The minimum Gasteiger partial charge on any atom is -0.337 e. The van der Waals surface area contributed by atoms with Crippen LogP contribution in [0.5, 0.6) is 0 Å². The molecular formula is C14H26N4. The molecule has 4 heteroatoms. The van der Waals surface area contributed by atoms with Crippen molar-refractivity contribution < 1.29 is 0 Å². The monoisotopic (exact) mass is 250 g/mol. The van der Waals surface area contributed by atoms with Crippen molar-refractivity contribution in [1.29, 1.82) is 0 Å². The molecule has 18 heavy (non-hydrogen) atoms. The maximum Gasteiger partial charge on any atom is 0.0945 e. The number of nitrogens with zero attached hydrogens (tertiary/aromatic N) is 3. The highest BCUT2D eigenvalue weighted by atomic mass is 15.2. The van der Waals surface area contributed by atoms with Crippen molar-refractivity contribution in [2.24, 2.45) is 13.0 Å². The van der Waals surface area contributed by atoms with Gasteiger partial charge in [0, 0.05) is 38.9 Å². The molecule has 1 aromatic heterocycles. The van der Waals surface area contributed by atoms with Crippen LogP contribution in [0.1, 0.15) is 32.4 Å². The Kier molecular flexibility index (Phi) is 4.78. The Morgan fingerprint density at radius 2 is 2.39 bits per heavy atom. The third-order valence-electron chi connectivity index (χ3n) is 3.57. The van der Waals surface area contributed by atoms with Crippen molar-refractivity contribution >= 4 is 0 Å². The molecule has 0 radical (unpaired) electrons. The minimum atomic E-state index is 0.678. The summed E-state index contributed by atoms with van der Waals surface area (Å²) >= 11 is 0. The predicted octanol–water partition coefficient (Wildman–Crippen LogP) is 1.63. The fraction of sp³-hybridized carbons (Fsp3) is 0.786. The van der Waals surface area contributed by atoms with E-state index in [1.54, 1.807) is 0 Å². The van der Waals surface area contributed by atoms with Crippen molar-refractivity contribution in [3.63, 3.8) is 0 Å². The smallest absolute Gasteiger partial charge is 0.0945 e. The zero-order chi connectivity index (χ0) is 13.0. The summed E-state index contributed by atoms with van der Waals surface area (Å²) in [6.07, 6.45) is 6.51. The highest BCUT2D eigenvalue weighted by molar-refractivity contribution is 4.97. The van der Waals surface area contributed by atoms with E-state index in [0.717, 1.165) is 19.6 Å². The molecule has 1 unspecified atom stereocenters. The van der Waals surface area contributed by atoms with Crippen LogP contribution in [-0.2, 0) is 13.6 Å². The molecule has 0 aliphatic carbocycles. The maximum atomic E-state index is 4.21. The topological polar surface area (TPSA) is 33.1 Å². The fourth-order valence-electron chi connectivity index (χ4n) is 2.71. The molecule has 102 valence electrons. The zero-order valence-corrected chi connectivity index (χ0v) is 11.9. The molecule has 0 amide bonds. The van der Waals surface area contributed by atoms with Crippen molar-refractivity contribution in [3.8, 4) is 0 Å². The average molecular weight is 250 g/mol. The summed E-state index contributed by atoms with van der Waals surface area (Å²) in [6.45, 7) is 9.09. The summed E-state index contributed by atoms with van der Waals surface area (Å²) in [6, 6.07) is 0.678. The van der Waals surface area contributed by atoms with E-state index in [9.17, 15) is 0 Å². The minimum absolute atomic E-state index is 0.678. The van der Waals surface area contributed by atoms with Gasteiger partial charge in [0.05, 0.1) is 12.0 Å². The maximum absolute atomic E-state index is 4.21. The molecule has 1 fully saturated rings. The Labute approximate surface area is 110 Å². The summed E-state index contributed by atoms with van der Waals surface area (Å²) in [5, 5.41) is 3.59. The second-order valence-electron chi connectivity index (χ2n) is 5.88. The first-order valence-electron chi connectivity index (χ1n) is 7.06. The quantitative estimate of drug-likeness (QED) is 0.833. The van der Waals surface area contributed by atoms with E-state index in [-0.39, 0.29) is 0 Å². The molecule has 2 heterocycles. The summed E-state index contributed by atoms with van der Waals surface area (Å²) in [5.41, 5.74) is 1.30. The fourth-order valence-corrected chi connectivity index (χ4v) is 2.71. The van der Waals surface area contributed by atoms with Crippen LogP contribution < -0.4 is 5.32 Å². The third-order valence-corrected chi connectivity index (χ3v) is 3.57. The number of imidazole rings is 1. The van der Waals surface area contributed by atoms with Gasteiger partial charge in [0.15, 0.2) is 0 Å². The lowest BCUT2D eigenvalue weighted by atomic mass is 10.1.